The molecule has 1 aliphatic rings. The van der Waals surface area contributed by atoms with E-state index in [1.54, 1.807) is 0 Å². The molecule has 108 valence electrons. The van der Waals surface area contributed by atoms with Crippen LogP contribution in [-0.4, -0.2) is 23.9 Å². The second-order valence-electron chi connectivity index (χ2n) is 5.54. The maximum Gasteiger partial charge on any atom is 0.119 e. The first-order valence-corrected chi connectivity index (χ1v) is 7.44. The summed E-state index contributed by atoms with van der Waals surface area (Å²) < 4.78 is 0. The Labute approximate surface area is 125 Å². The van der Waals surface area contributed by atoms with Gasteiger partial charge in [-0.15, -0.1) is 5.06 Å². The summed E-state index contributed by atoms with van der Waals surface area (Å²) in [5.41, 5.74) is 3.00. The zero-order chi connectivity index (χ0) is 14.5. The van der Waals surface area contributed by atoms with Gasteiger partial charge in [0.25, 0.3) is 0 Å². The SMILES string of the molecule is C[C@@H]1CCN(ON=C(c2ccccc2)c2ccccc2)C1. The predicted molar refractivity (Wildman–Crippen MR) is 85.0 cm³/mol. The van der Waals surface area contributed by atoms with Crippen LogP contribution in [0.3, 0.4) is 0 Å². The average molecular weight is 280 g/mol. The minimum atomic E-state index is 0.678. The summed E-state index contributed by atoms with van der Waals surface area (Å²) in [5.74, 6) is 0.678. The van der Waals surface area contributed by atoms with Crippen molar-refractivity contribution in [3.63, 3.8) is 0 Å². The molecule has 2 aromatic carbocycles. The molecule has 0 aliphatic carbocycles. The van der Waals surface area contributed by atoms with Gasteiger partial charge < -0.3 is 0 Å². The number of rotatable bonds is 4. The Morgan fingerprint density at radius 1 is 1.00 bits per heavy atom. The molecule has 1 fully saturated rings. The van der Waals surface area contributed by atoms with Crippen molar-refractivity contribution in [2.75, 3.05) is 13.1 Å². The van der Waals surface area contributed by atoms with Gasteiger partial charge in [0.1, 0.15) is 5.71 Å². The summed E-state index contributed by atoms with van der Waals surface area (Å²) in [6.45, 7) is 4.13. The van der Waals surface area contributed by atoms with Gasteiger partial charge in [0.05, 0.1) is 0 Å². The molecule has 0 spiro atoms. The van der Waals surface area contributed by atoms with Gasteiger partial charge in [0.15, 0.2) is 0 Å². The molecular formula is C18H20N2O. The first kappa shape index (κ1) is 13.8. The van der Waals surface area contributed by atoms with Crippen LogP contribution in [0.1, 0.15) is 24.5 Å². The first-order chi connectivity index (χ1) is 10.3. The van der Waals surface area contributed by atoms with E-state index < -0.39 is 0 Å². The number of hydrogen-bond acceptors (Lipinski definition) is 3. The molecule has 0 bridgehead atoms. The first-order valence-electron chi connectivity index (χ1n) is 7.44. The van der Waals surface area contributed by atoms with Gasteiger partial charge >= 0.3 is 0 Å². The van der Waals surface area contributed by atoms with Crippen LogP contribution in [0.4, 0.5) is 0 Å². The molecule has 1 aliphatic heterocycles. The van der Waals surface area contributed by atoms with E-state index in [1.165, 1.54) is 6.42 Å². The fourth-order valence-corrected chi connectivity index (χ4v) is 2.53. The molecule has 1 heterocycles. The molecule has 0 unspecified atom stereocenters. The van der Waals surface area contributed by atoms with E-state index in [4.69, 9.17) is 4.94 Å². The molecule has 3 nitrogen and oxygen atoms in total. The maximum atomic E-state index is 5.67. The molecule has 3 heteroatoms. The quantitative estimate of drug-likeness (QED) is 0.630. The van der Waals surface area contributed by atoms with Crippen LogP contribution in [0, 0.1) is 5.92 Å². The summed E-state index contributed by atoms with van der Waals surface area (Å²) in [4.78, 5) is 5.67. The molecule has 3 rings (SSSR count). The zero-order valence-corrected chi connectivity index (χ0v) is 12.3. The molecule has 21 heavy (non-hydrogen) atoms. The van der Waals surface area contributed by atoms with E-state index in [2.05, 4.69) is 36.3 Å². The Morgan fingerprint density at radius 3 is 2.05 bits per heavy atom. The minimum Gasteiger partial charge on any atom is -0.296 e. The van der Waals surface area contributed by atoms with Crippen molar-refractivity contribution in [2.45, 2.75) is 13.3 Å². The Kier molecular flexibility index (Phi) is 4.31. The van der Waals surface area contributed by atoms with Crippen molar-refractivity contribution in [1.82, 2.24) is 5.06 Å². The topological polar surface area (TPSA) is 24.8 Å². The number of benzene rings is 2. The molecule has 0 N–H and O–H groups in total. The van der Waals surface area contributed by atoms with Crippen molar-refractivity contribution in [3.05, 3.63) is 71.8 Å². The van der Waals surface area contributed by atoms with Crippen molar-refractivity contribution in [1.29, 1.82) is 0 Å². The van der Waals surface area contributed by atoms with Crippen molar-refractivity contribution in [3.8, 4) is 0 Å². The highest BCUT2D eigenvalue weighted by molar-refractivity contribution is 6.12. The largest absolute Gasteiger partial charge is 0.296 e. The second-order valence-corrected chi connectivity index (χ2v) is 5.54. The third-order valence-electron chi connectivity index (χ3n) is 3.73. The van der Waals surface area contributed by atoms with Crippen molar-refractivity contribution < 1.29 is 4.94 Å². The Morgan fingerprint density at radius 2 is 1.57 bits per heavy atom. The van der Waals surface area contributed by atoms with E-state index in [1.807, 2.05) is 41.5 Å². The monoisotopic (exact) mass is 280 g/mol. The van der Waals surface area contributed by atoms with Crippen LogP contribution in [-0.2, 0) is 4.94 Å². The highest BCUT2D eigenvalue weighted by atomic mass is 16.8. The molecule has 1 saturated heterocycles. The van der Waals surface area contributed by atoms with E-state index >= 15 is 0 Å². The Balaban J connectivity index is 1.86. The summed E-state index contributed by atoms with van der Waals surface area (Å²) >= 11 is 0. The van der Waals surface area contributed by atoms with Crippen molar-refractivity contribution >= 4 is 5.71 Å². The van der Waals surface area contributed by atoms with Crippen molar-refractivity contribution in [2.24, 2.45) is 11.1 Å². The predicted octanol–water partition coefficient (Wildman–Crippen LogP) is 3.71. The molecular weight excluding hydrogens is 260 g/mol. The lowest BCUT2D eigenvalue weighted by Crippen LogP contribution is -2.19. The highest BCUT2D eigenvalue weighted by Crippen LogP contribution is 2.17. The Bertz CT molecular complexity index is 554. The lowest BCUT2D eigenvalue weighted by atomic mass is 10.0. The summed E-state index contributed by atoms with van der Waals surface area (Å²) in [6.07, 6.45) is 1.17. The molecule has 2 aromatic rings. The van der Waals surface area contributed by atoms with Gasteiger partial charge in [-0.2, -0.15) is 0 Å². The number of hydroxylamine groups is 2. The zero-order valence-electron chi connectivity index (χ0n) is 12.3. The van der Waals surface area contributed by atoms with Crippen LogP contribution in [0.25, 0.3) is 0 Å². The maximum absolute atomic E-state index is 5.67. The van der Waals surface area contributed by atoms with Crippen LogP contribution in [0.2, 0.25) is 0 Å². The molecule has 0 saturated carbocycles. The third kappa shape index (κ3) is 3.50. The van der Waals surface area contributed by atoms with E-state index in [0.29, 0.717) is 5.92 Å². The average Bonchev–Trinajstić information content (AvgIpc) is 2.95. The van der Waals surface area contributed by atoms with Crippen LogP contribution < -0.4 is 0 Å². The standard InChI is InChI=1S/C18H20N2O/c1-15-12-13-20(14-15)21-19-18(16-8-4-2-5-9-16)17-10-6-3-7-11-17/h2-11,15H,12-14H2,1H3/t15-/m1/s1. The lowest BCUT2D eigenvalue weighted by molar-refractivity contribution is -0.144. The highest BCUT2D eigenvalue weighted by Gasteiger charge is 2.20. The normalized spacial score (nSPS) is 18.4. The lowest BCUT2D eigenvalue weighted by Gasteiger charge is -2.13. The van der Waals surface area contributed by atoms with E-state index in [9.17, 15) is 0 Å². The Hall–Kier alpha value is -2.13. The van der Waals surface area contributed by atoms with E-state index in [0.717, 1.165) is 29.9 Å². The third-order valence-corrected chi connectivity index (χ3v) is 3.73. The fourth-order valence-electron chi connectivity index (χ4n) is 2.53. The van der Waals surface area contributed by atoms with E-state index in [-0.39, 0.29) is 0 Å². The van der Waals surface area contributed by atoms with Gasteiger partial charge in [0, 0.05) is 24.2 Å². The van der Waals surface area contributed by atoms with Crippen LogP contribution >= 0.6 is 0 Å². The molecule has 0 radical (unpaired) electrons. The van der Waals surface area contributed by atoms with Gasteiger partial charge in [-0.05, 0) is 12.3 Å². The number of oxime groups is 1. The van der Waals surface area contributed by atoms with Gasteiger partial charge in [-0.1, -0.05) is 72.7 Å². The second kappa shape index (κ2) is 6.55. The van der Waals surface area contributed by atoms with Crippen LogP contribution in [0.5, 0.6) is 0 Å². The fraction of sp³-hybridized carbons (Fsp3) is 0.278. The van der Waals surface area contributed by atoms with Gasteiger partial charge in [0.2, 0.25) is 0 Å². The summed E-state index contributed by atoms with van der Waals surface area (Å²) in [5, 5.41) is 6.36. The summed E-state index contributed by atoms with van der Waals surface area (Å²) in [6, 6.07) is 20.3. The molecule has 0 aromatic heterocycles. The summed E-state index contributed by atoms with van der Waals surface area (Å²) in [7, 11) is 0. The van der Waals surface area contributed by atoms with Gasteiger partial charge in [-0.3, -0.25) is 4.94 Å². The minimum absolute atomic E-state index is 0.678. The molecule has 1 atom stereocenters. The van der Waals surface area contributed by atoms with Gasteiger partial charge in [-0.25, -0.2) is 0 Å². The molecule has 0 amide bonds. The number of nitrogens with zero attached hydrogens (tertiary/aromatic N) is 2. The smallest absolute Gasteiger partial charge is 0.119 e. The van der Waals surface area contributed by atoms with Crippen LogP contribution in [0.15, 0.2) is 65.8 Å². The number of hydrogen-bond donors (Lipinski definition) is 0.